The predicted octanol–water partition coefficient (Wildman–Crippen LogP) is 3.49. The average molecular weight is 484 g/mol. The maximum absolute atomic E-state index is 9.77. The lowest BCUT2D eigenvalue weighted by Crippen LogP contribution is -2.39. The number of rotatable bonds is 10. The molecule has 0 heterocycles. The zero-order valence-corrected chi connectivity index (χ0v) is 20.2. The highest BCUT2D eigenvalue weighted by atomic mass is 16.5. The summed E-state index contributed by atoms with van der Waals surface area (Å²) in [5.74, 6) is -2.63. The number of aliphatic hydroxyl groups excluding tert-OH is 2. The van der Waals surface area contributed by atoms with Crippen molar-refractivity contribution < 1.29 is 34.8 Å². The minimum Gasteiger partial charge on any atom is -0.497 e. The molecule has 0 saturated carbocycles. The Labute approximate surface area is 205 Å². The van der Waals surface area contributed by atoms with Crippen LogP contribution >= 0.6 is 0 Å². The molecule has 4 N–H and O–H groups in total. The molecule has 8 heteroatoms. The monoisotopic (exact) mass is 483 g/mol. The topological polar surface area (TPSA) is 128 Å². The highest BCUT2D eigenvalue weighted by Crippen LogP contribution is 2.22. The molecule has 0 fully saturated rings. The minimum atomic E-state index is -2.27. The first-order valence-corrected chi connectivity index (χ1v) is 11.3. The summed E-state index contributed by atoms with van der Waals surface area (Å²) in [5, 5.41) is 35.3. The Morgan fingerprint density at radius 1 is 0.914 bits per heavy atom. The second kappa shape index (κ2) is 13.3. The number of carbonyl (C=O) groups is 2. The maximum Gasteiger partial charge on any atom is 0.335 e. The van der Waals surface area contributed by atoms with Gasteiger partial charge in [-0.2, -0.15) is 0 Å². The van der Waals surface area contributed by atoms with Crippen molar-refractivity contribution in [3.63, 3.8) is 0 Å². The van der Waals surface area contributed by atoms with Crippen LogP contribution < -0.4 is 9.64 Å². The van der Waals surface area contributed by atoms with Gasteiger partial charge in [-0.25, -0.2) is 9.59 Å². The molecule has 3 rings (SSSR count). The Hall–Kier alpha value is -3.62. The molecule has 3 aromatic rings. The zero-order chi connectivity index (χ0) is 26.0. The van der Waals surface area contributed by atoms with Crippen molar-refractivity contribution in [2.75, 3.05) is 25.6 Å². The molecular weight excluding hydrogens is 450 g/mol. The molecule has 0 saturated heterocycles. The number of aliphatic carboxylic acids is 2. The molecule has 0 aliphatic rings. The largest absolute Gasteiger partial charge is 0.497 e. The van der Waals surface area contributed by atoms with Crippen LogP contribution in [0.25, 0.3) is 10.8 Å². The van der Waals surface area contributed by atoms with E-state index in [1.165, 1.54) is 40.4 Å². The Morgan fingerprint density at radius 3 is 2.11 bits per heavy atom. The van der Waals surface area contributed by atoms with Crippen LogP contribution in [-0.2, 0) is 16.0 Å². The van der Waals surface area contributed by atoms with E-state index in [9.17, 15) is 9.59 Å². The fourth-order valence-corrected chi connectivity index (χ4v) is 3.59. The van der Waals surface area contributed by atoms with Crippen molar-refractivity contribution in [2.24, 2.45) is 0 Å². The van der Waals surface area contributed by atoms with Crippen molar-refractivity contribution in [3.05, 3.63) is 71.8 Å². The van der Waals surface area contributed by atoms with Gasteiger partial charge in [-0.05, 0) is 66.8 Å². The van der Waals surface area contributed by atoms with Gasteiger partial charge in [0, 0.05) is 19.3 Å². The summed E-state index contributed by atoms with van der Waals surface area (Å²) in [6, 6.07) is 21.7. The lowest BCUT2D eigenvalue weighted by Gasteiger charge is -2.19. The molecule has 0 spiro atoms. The fourth-order valence-electron chi connectivity index (χ4n) is 3.59. The predicted molar refractivity (Wildman–Crippen MR) is 135 cm³/mol. The number of aliphatic hydroxyl groups is 2. The van der Waals surface area contributed by atoms with Crippen molar-refractivity contribution in [1.82, 2.24) is 0 Å². The lowest BCUT2D eigenvalue weighted by molar-refractivity contribution is -0.165. The van der Waals surface area contributed by atoms with E-state index in [0.717, 1.165) is 18.7 Å². The summed E-state index contributed by atoms with van der Waals surface area (Å²) < 4.78 is 5.22. The van der Waals surface area contributed by atoms with Gasteiger partial charge in [0.1, 0.15) is 5.75 Å². The van der Waals surface area contributed by atoms with Gasteiger partial charge in [0.25, 0.3) is 0 Å². The van der Waals surface area contributed by atoms with Crippen LogP contribution in [-0.4, -0.2) is 65.3 Å². The third-order valence-corrected chi connectivity index (χ3v) is 5.63. The van der Waals surface area contributed by atoms with E-state index in [1.54, 1.807) is 7.11 Å². The van der Waals surface area contributed by atoms with Gasteiger partial charge < -0.3 is 30.1 Å². The van der Waals surface area contributed by atoms with Gasteiger partial charge in [-0.3, -0.25) is 0 Å². The van der Waals surface area contributed by atoms with Crippen molar-refractivity contribution in [3.8, 4) is 5.75 Å². The van der Waals surface area contributed by atoms with Gasteiger partial charge in [0.15, 0.2) is 12.2 Å². The van der Waals surface area contributed by atoms with E-state index < -0.39 is 24.1 Å². The van der Waals surface area contributed by atoms with Gasteiger partial charge in [0.05, 0.1) is 7.11 Å². The van der Waals surface area contributed by atoms with Crippen LogP contribution in [0, 0.1) is 6.92 Å². The Balaban J connectivity index is 0.000000367. The lowest BCUT2D eigenvalue weighted by atomic mass is 9.99. The number of anilines is 1. The first-order valence-electron chi connectivity index (χ1n) is 11.3. The standard InChI is InChI=1S/C23H27NO.C4H6O6/c1-18-10-15-23-19(8-6-9-20(23)17-18)7-4-5-16-24(2)21-11-13-22(25-3)14-12-21;5-1(3(7)8)2(6)4(9)10/h6,8-15,17H,4-5,7,16H2,1-3H3;1-2,5-6H,(H,7,8)(H,9,10). The first kappa shape index (κ1) is 27.6. The molecule has 2 unspecified atom stereocenters. The molecule has 188 valence electrons. The van der Waals surface area contributed by atoms with E-state index in [-0.39, 0.29) is 0 Å². The fraction of sp³-hybridized carbons (Fsp3) is 0.333. The molecule has 0 bridgehead atoms. The number of hydrogen-bond donors (Lipinski definition) is 4. The quantitative estimate of drug-likeness (QED) is 0.323. The van der Waals surface area contributed by atoms with Crippen molar-refractivity contribution >= 4 is 28.4 Å². The van der Waals surface area contributed by atoms with Crippen LogP contribution in [0.4, 0.5) is 5.69 Å². The molecular formula is C27H33NO7. The van der Waals surface area contributed by atoms with E-state index >= 15 is 0 Å². The smallest absolute Gasteiger partial charge is 0.335 e. The van der Waals surface area contributed by atoms with E-state index in [2.05, 4.69) is 67.4 Å². The number of aryl methyl sites for hydroxylation is 2. The molecule has 35 heavy (non-hydrogen) atoms. The van der Waals surface area contributed by atoms with E-state index in [1.807, 2.05) is 12.1 Å². The third kappa shape index (κ3) is 8.27. The second-order valence-electron chi connectivity index (χ2n) is 8.28. The highest BCUT2D eigenvalue weighted by Gasteiger charge is 2.29. The number of carboxylic acids is 2. The summed E-state index contributed by atoms with van der Waals surface area (Å²) in [7, 11) is 3.86. The molecule has 0 radical (unpaired) electrons. The molecule has 2 atom stereocenters. The van der Waals surface area contributed by atoms with Gasteiger partial charge >= 0.3 is 11.9 Å². The van der Waals surface area contributed by atoms with Crippen molar-refractivity contribution in [2.45, 2.75) is 38.4 Å². The number of benzene rings is 3. The summed E-state index contributed by atoms with van der Waals surface area (Å²) in [6.45, 7) is 3.22. The highest BCUT2D eigenvalue weighted by molar-refractivity contribution is 5.86. The number of ether oxygens (including phenoxy) is 1. The van der Waals surface area contributed by atoms with Gasteiger partial charge in [-0.15, -0.1) is 0 Å². The molecule has 0 aliphatic heterocycles. The minimum absolute atomic E-state index is 0.906. The van der Waals surface area contributed by atoms with Crippen LogP contribution in [0.2, 0.25) is 0 Å². The summed E-state index contributed by atoms with van der Waals surface area (Å²) in [5.41, 5.74) is 4.02. The normalized spacial score (nSPS) is 12.3. The summed E-state index contributed by atoms with van der Waals surface area (Å²) >= 11 is 0. The van der Waals surface area contributed by atoms with E-state index in [0.29, 0.717) is 0 Å². The molecule has 8 nitrogen and oxygen atoms in total. The number of unbranched alkanes of at least 4 members (excludes halogenated alkanes) is 1. The van der Waals surface area contributed by atoms with Crippen LogP contribution in [0.5, 0.6) is 5.75 Å². The maximum atomic E-state index is 9.77. The Bertz CT molecular complexity index is 1100. The molecule has 0 aromatic heterocycles. The second-order valence-corrected chi connectivity index (χ2v) is 8.28. The Kier molecular flexibility index (Phi) is 10.5. The SMILES string of the molecule is COc1ccc(N(C)CCCCc2cccc3cc(C)ccc23)cc1.O=C(O)C(O)C(O)C(=O)O. The van der Waals surface area contributed by atoms with Gasteiger partial charge in [-0.1, -0.05) is 42.0 Å². The average Bonchev–Trinajstić information content (AvgIpc) is 2.85. The molecule has 0 amide bonds. The molecule has 3 aromatic carbocycles. The van der Waals surface area contributed by atoms with Crippen LogP contribution in [0.3, 0.4) is 0 Å². The number of carboxylic acid groups (broad SMARTS) is 2. The van der Waals surface area contributed by atoms with Gasteiger partial charge in [0.2, 0.25) is 0 Å². The number of fused-ring (bicyclic) bond motifs is 1. The zero-order valence-electron chi connectivity index (χ0n) is 20.2. The number of methoxy groups -OCH3 is 1. The molecule has 0 aliphatic carbocycles. The third-order valence-electron chi connectivity index (χ3n) is 5.63. The number of nitrogens with zero attached hydrogens (tertiary/aromatic N) is 1. The van der Waals surface area contributed by atoms with Crippen LogP contribution in [0.15, 0.2) is 60.7 Å². The van der Waals surface area contributed by atoms with E-state index in [4.69, 9.17) is 25.2 Å². The number of hydrogen-bond acceptors (Lipinski definition) is 6. The Morgan fingerprint density at radius 2 is 1.54 bits per heavy atom. The van der Waals surface area contributed by atoms with Crippen molar-refractivity contribution in [1.29, 1.82) is 0 Å². The first-order chi connectivity index (χ1) is 16.6. The van der Waals surface area contributed by atoms with Crippen LogP contribution in [0.1, 0.15) is 24.0 Å². The summed E-state index contributed by atoms with van der Waals surface area (Å²) in [6.07, 6.45) is -1.01. The summed E-state index contributed by atoms with van der Waals surface area (Å²) in [4.78, 5) is 21.9.